The molecule has 19 heavy (non-hydrogen) atoms. The molecule has 1 aromatic carbocycles. The van der Waals surface area contributed by atoms with Crippen LogP contribution in [0, 0.1) is 0 Å². The molecule has 2 rings (SSSR count). The monoisotopic (exact) mass is 253 g/mol. The molecule has 3 nitrogen and oxygen atoms in total. The zero-order valence-corrected chi connectivity index (χ0v) is 10.7. The number of esters is 1. The average Bonchev–Trinajstić information content (AvgIpc) is 2.48. The van der Waals surface area contributed by atoms with Gasteiger partial charge >= 0.3 is 5.97 Å². The van der Waals surface area contributed by atoms with E-state index in [0.717, 1.165) is 12.0 Å². The first-order chi connectivity index (χ1) is 9.29. The van der Waals surface area contributed by atoms with Gasteiger partial charge in [-0.15, -0.1) is 0 Å². The summed E-state index contributed by atoms with van der Waals surface area (Å²) in [4.78, 5) is 15.3. The van der Waals surface area contributed by atoms with Crippen molar-refractivity contribution in [3.63, 3.8) is 0 Å². The van der Waals surface area contributed by atoms with Crippen LogP contribution in [0.2, 0.25) is 0 Å². The lowest BCUT2D eigenvalue weighted by Gasteiger charge is -1.99. The van der Waals surface area contributed by atoms with Crippen molar-refractivity contribution in [3.8, 4) is 0 Å². The van der Waals surface area contributed by atoms with Crippen molar-refractivity contribution < 1.29 is 9.53 Å². The van der Waals surface area contributed by atoms with E-state index in [4.69, 9.17) is 0 Å². The largest absolute Gasteiger partial charge is 0.465 e. The first kappa shape index (κ1) is 13.0. The van der Waals surface area contributed by atoms with E-state index in [1.165, 1.54) is 12.7 Å². The molecule has 0 aliphatic heterocycles. The Kier molecular flexibility index (Phi) is 4.45. The van der Waals surface area contributed by atoms with Crippen LogP contribution in [0.4, 0.5) is 0 Å². The van der Waals surface area contributed by atoms with Gasteiger partial charge in [-0.1, -0.05) is 24.3 Å². The minimum absolute atomic E-state index is 0.313. The fourth-order valence-electron chi connectivity index (χ4n) is 1.70. The zero-order valence-electron chi connectivity index (χ0n) is 10.7. The molecule has 0 spiro atoms. The molecule has 0 amide bonds. The Morgan fingerprint density at radius 1 is 1.16 bits per heavy atom. The predicted octanol–water partition coefficient (Wildman–Crippen LogP) is 3.12. The standard InChI is InChI=1S/C16H15NO2/c1-19-16(18)15-7-5-13(6-8-15)3-2-4-14-9-11-17-12-10-14/h2-3,5-12H,4H2,1H3/b3-2+. The summed E-state index contributed by atoms with van der Waals surface area (Å²) < 4.78 is 4.65. The molecule has 0 aliphatic rings. The van der Waals surface area contributed by atoms with E-state index in [-0.39, 0.29) is 5.97 Å². The van der Waals surface area contributed by atoms with Crippen LogP contribution < -0.4 is 0 Å². The van der Waals surface area contributed by atoms with Crippen LogP contribution in [-0.4, -0.2) is 18.1 Å². The van der Waals surface area contributed by atoms with Gasteiger partial charge in [-0.3, -0.25) is 4.98 Å². The number of allylic oxidation sites excluding steroid dienone is 1. The lowest BCUT2D eigenvalue weighted by Crippen LogP contribution is -2.00. The summed E-state index contributed by atoms with van der Waals surface area (Å²) in [6, 6.07) is 11.3. The number of hydrogen-bond donors (Lipinski definition) is 0. The summed E-state index contributed by atoms with van der Waals surface area (Å²) in [5, 5.41) is 0. The van der Waals surface area contributed by atoms with Crippen LogP contribution in [0.25, 0.3) is 6.08 Å². The Hall–Kier alpha value is -2.42. The maximum absolute atomic E-state index is 11.3. The van der Waals surface area contributed by atoms with Gasteiger partial charge in [0.05, 0.1) is 12.7 Å². The maximum Gasteiger partial charge on any atom is 0.337 e. The smallest absolute Gasteiger partial charge is 0.337 e. The predicted molar refractivity (Wildman–Crippen MR) is 74.8 cm³/mol. The van der Waals surface area contributed by atoms with Crippen molar-refractivity contribution in [2.75, 3.05) is 7.11 Å². The fraction of sp³-hybridized carbons (Fsp3) is 0.125. The molecule has 0 N–H and O–H groups in total. The maximum atomic E-state index is 11.3. The molecule has 1 aromatic heterocycles. The van der Waals surface area contributed by atoms with Crippen molar-refractivity contribution >= 4 is 12.0 Å². The molecule has 0 saturated carbocycles. The number of hydrogen-bond acceptors (Lipinski definition) is 3. The van der Waals surface area contributed by atoms with E-state index in [1.54, 1.807) is 24.5 Å². The molecular weight excluding hydrogens is 238 g/mol. The van der Waals surface area contributed by atoms with E-state index >= 15 is 0 Å². The molecule has 0 atom stereocenters. The lowest BCUT2D eigenvalue weighted by atomic mass is 10.1. The summed E-state index contributed by atoms with van der Waals surface area (Å²) in [6.07, 6.45) is 8.55. The fourth-order valence-corrected chi connectivity index (χ4v) is 1.70. The molecule has 1 heterocycles. The molecule has 0 radical (unpaired) electrons. The van der Waals surface area contributed by atoms with Crippen molar-refractivity contribution in [1.82, 2.24) is 4.98 Å². The highest BCUT2D eigenvalue weighted by molar-refractivity contribution is 5.89. The zero-order chi connectivity index (χ0) is 13.5. The number of rotatable bonds is 4. The van der Waals surface area contributed by atoms with Crippen molar-refractivity contribution in [3.05, 3.63) is 71.6 Å². The highest BCUT2D eigenvalue weighted by atomic mass is 16.5. The molecule has 0 saturated heterocycles. The molecular formula is C16H15NO2. The first-order valence-corrected chi connectivity index (χ1v) is 6.03. The van der Waals surface area contributed by atoms with Crippen LogP contribution in [0.5, 0.6) is 0 Å². The lowest BCUT2D eigenvalue weighted by molar-refractivity contribution is 0.0601. The third-order valence-electron chi connectivity index (χ3n) is 2.74. The van der Waals surface area contributed by atoms with Crippen molar-refractivity contribution in [2.24, 2.45) is 0 Å². The number of carbonyl (C=O) groups excluding carboxylic acids is 1. The normalized spacial score (nSPS) is 10.6. The van der Waals surface area contributed by atoms with Gasteiger partial charge in [0.25, 0.3) is 0 Å². The molecule has 0 fully saturated rings. The Balaban J connectivity index is 1.98. The van der Waals surface area contributed by atoms with Crippen molar-refractivity contribution in [2.45, 2.75) is 6.42 Å². The number of ether oxygens (including phenoxy) is 1. The van der Waals surface area contributed by atoms with E-state index in [0.29, 0.717) is 5.56 Å². The van der Waals surface area contributed by atoms with Crippen LogP contribution in [0.3, 0.4) is 0 Å². The number of aromatic nitrogens is 1. The van der Waals surface area contributed by atoms with Gasteiger partial charge in [-0.2, -0.15) is 0 Å². The molecule has 0 aliphatic carbocycles. The van der Waals surface area contributed by atoms with Gasteiger partial charge < -0.3 is 4.74 Å². The third kappa shape index (κ3) is 3.78. The van der Waals surface area contributed by atoms with E-state index in [2.05, 4.69) is 15.8 Å². The van der Waals surface area contributed by atoms with Gasteiger partial charge in [0.2, 0.25) is 0 Å². The number of methoxy groups -OCH3 is 1. The second kappa shape index (κ2) is 6.50. The number of carbonyl (C=O) groups is 1. The Morgan fingerprint density at radius 2 is 1.84 bits per heavy atom. The van der Waals surface area contributed by atoms with E-state index in [9.17, 15) is 4.79 Å². The minimum atomic E-state index is -0.313. The molecule has 0 bridgehead atoms. The molecule has 0 unspecified atom stereocenters. The SMILES string of the molecule is COC(=O)c1ccc(/C=C/Cc2ccncc2)cc1. The molecule has 96 valence electrons. The number of pyridine rings is 1. The Labute approximate surface area is 112 Å². The highest BCUT2D eigenvalue weighted by Gasteiger charge is 2.02. The van der Waals surface area contributed by atoms with E-state index in [1.807, 2.05) is 30.3 Å². The summed E-state index contributed by atoms with van der Waals surface area (Å²) in [7, 11) is 1.38. The quantitative estimate of drug-likeness (QED) is 0.786. The number of benzene rings is 1. The summed E-state index contributed by atoms with van der Waals surface area (Å²) in [5.41, 5.74) is 2.84. The van der Waals surface area contributed by atoms with Gasteiger partial charge in [-0.25, -0.2) is 4.79 Å². The average molecular weight is 253 g/mol. The van der Waals surface area contributed by atoms with Gasteiger partial charge in [-0.05, 0) is 41.8 Å². The summed E-state index contributed by atoms with van der Waals surface area (Å²) >= 11 is 0. The summed E-state index contributed by atoms with van der Waals surface area (Å²) in [5.74, 6) is -0.313. The molecule has 2 aromatic rings. The molecule has 3 heteroatoms. The first-order valence-electron chi connectivity index (χ1n) is 6.03. The van der Waals surface area contributed by atoms with Crippen LogP contribution in [0.1, 0.15) is 21.5 Å². The minimum Gasteiger partial charge on any atom is -0.465 e. The number of nitrogens with zero attached hydrogens (tertiary/aromatic N) is 1. The van der Waals surface area contributed by atoms with Crippen LogP contribution in [0.15, 0.2) is 54.9 Å². The second-order valence-corrected chi connectivity index (χ2v) is 4.08. The van der Waals surface area contributed by atoms with Crippen LogP contribution >= 0.6 is 0 Å². The Bertz CT molecular complexity index is 559. The van der Waals surface area contributed by atoms with Gasteiger partial charge in [0.15, 0.2) is 0 Å². The van der Waals surface area contributed by atoms with Crippen molar-refractivity contribution in [1.29, 1.82) is 0 Å². The van der Waals surface area contributed by atoms with Crippen LogP contribution in [-0.2, 0) is 11.2 Å². The third-order valence-corrected chi connectivity index (χ3v) is 2.74. The van der Waals surface area contributed by atoms with Gasteiger partial charge in [0, 0.05) is 12.4 Å². The topological polar surface area (TPSA) is 39.2 Å². The summed E-state index contributed by atoms with van der Waals surface area (Å²) in [6.45, 7) is 0. The van der Waals surface area contributed by atoms with Gasteiger partial charge in [0.1, 0.15) is 0 Å². The Morgan fingerprint density at radius 3 is 2.47 bits per heavy atom. The second-order valence-electron chi connectivity index (χ2n) is 4.08. The highest BCUT2D eigenvalue weighted by Crippen LogP contribution is 2.08. The van der Waals surface area contributed by atoms with E-state index < -0.39 is 0 Å².